The van der Waals surface area contributed by atoms with Gasteiger partial charge in [-0.25, -0.2) is 13.6 Å². The normalized spacial score (nSPS) is 12.3. The molecule has 1 unspecified atom stereocenters. The van der Waals surface area contributed by atoms with Gasteiger partial charge < -0.3 is 5.11 Å². The third-order valence-electron chi connectivity index (χ3n) is 2.67. The van der Waals surface area contributed by atoms with E-state index in [1.165, 1.54) is 12.1 Å². The molecule has 0 radical (unpaired) electrons. The highest BCUT2D eigenvalue weighted by Crippen LogP contribution is 2.24. The van der Waals surface area contributed by atoms with Crippen molar-refractivity contribution in [2.24, 2.45) is 0 Å². The van der Waals surface area contributed by atoms with E-state index in [4.69, 9.17) is 5.11 Å². The molecule has 1 atom stereocenters. The van der Waals surface area contributed by atoms with Gasteiger partial charge in [-0.1, -0.05) is 0 Å². The second kappa shape index (κ2) is 5.80. The molecule has 1 N–H and O–H groups in total. The zero-order chi connectivity index (χ0) is 14.9. The van der Waals surface area contributed by atoms with Gasteiger partial charge in [-0.15, -0.1) is 11.3 Å². The molecule has 0 aliphatic rings. The number of aromatic carboxylic acids is 1. The number of hydrogen-bond acceptors (Lipinski definition) is 3. The highest BCUT2D eigenvalue weighted by Gasteiger charge is 2.15. The van der Waals surface area contributed by atoms with E-state index >= 15 is 0 Å². The van der Waals surface area contributed by atoms with Crippen LogP contribution in [0.1, 0.15) is 20.1 Å². The van der Waals surface area contributed by atoms with Crippen LogP contribution < -0.4 is 0 Å². The van der Waals surface area contributed by atoms with E-state index in [-0.39, 0.29) is 15.5 Å². The van der Waals surface area contributed by atoms with Crippen molar-refractivity contribution < 1.29 is 22.9 Å². The first-order valence-corrected chi connectivity index (χ1v) is 7.68. The Hall–Kier alpha value is -1.60. The van der Waals surface area contributed by atoms with Gasteiger partial charge in [0, 0.05) is 9.77 Å². The molecule has 1 heterocycles. The molecule has 3 nitrogen and oxygen atoms in total. The monoisotopic (exact) mass is 316 g/mol. The van der Waals surface area contributed by atoms with Crippen molar-refractivity contribution in [2.75, 3.05) is 0 Å². The van der Waals surface area contributed by atoms with Crippen molar-refractivity contribution in [3.63, 3.8) is 0 Å². The van der Waals surface area contributed by atoms with Gasteiger partial charge in [-0.05, 0) is 36.8 Å². The molecule has 20 heavy (non-hydrogen) atoms. The van der Waals surface area contributed by atoms with Crippen molar-refractivity contribution in [3.05, 3.63) is 51.2 Å². The average molecular weight is 316 g/mol. The third-order valence-corrected chi connectivity index (χ3v) is 5.11. The Labute approximate surface area is 120 Å². The van der Waals surface area contributed by atoms with E-state index in [9.17, 15) is 17.8 Å². The number of thiophene rings is 1. The van der Waals surface area contributed by atoms with Crippen LogP contribution in [0.25, 0.3) is 0 Å². The molecule has 0 aliphatic heterocycles. The van der Waals surface area contributed by atoms with E-state index < -0.39 is 28.4 Å². The number of hydrogen-bond donors (Lipinski definition) is 1. The minimum absolute atomic E-state index is 0.0701. The molecule has 1 aromatic carbocycles. The number of carboxylic acid groups (broad SMARTS) is 1. The van der Waals surface area contributed by atoms with Crippen LogP contribution in [0.2, 0.25) is 0 Å². The Balaban J connectivity index is 2.23. The Morgan fingerprint density at radius 2 is 2.00 bits per heavy atom. The number of benzene rings is 1. The fourth-order valence-corrected chi connectivity index (χ4v) is 3.79. The maximum atomic E-state index is 13.1. The van der Waals surface area contributed by atoms with Crippen molar-refractivity contribution in [1.82, 2.24) is 0 Å². The summed E-state index contributed by atoms with van der Waals surface area (Å²) in [5.74, 6) is -3.02. The van der Waals surface area contributed by atoms with Crippen LogP contribution in [0.3, 0.4) is 0 Å². The molecule has 0 aliphatic carbocycles. The summed E-state index contributed by atoms with van der Waals surface area (Å²) in [6, 6.07) is 4.53. The summed E-state index contributed by atoms with van der Waals surface area (Å²) >= 11 is 1.10. The summed E-state index contributed by atoms with van der Waals surface area (Å²) in [5, 5.41) is 8.88. The third kappa shape index (κ3) is 3.10. The predicted octanol–water partition coefficient (Wildman–Crippen LogP) is 3.34. The van der Waals surface area contributed by atoms with Gasteiger partial charge in [0.2, 0.25) is 0 Å². The number of rotatable bonds is 4. The highest BCUT2D eigenvalue weighted by molar-refractivity contribution is 7.84. The zero-order valence-electron chi connectivity index (χ0n) is 10.4. The molecule has 1 aromatic heterocycles. The van der Waals surface area contributed by atoms with Crippen molar-refractivity contribution in [2.45, 2.75) is 17.6 Å². The van der Waals surface area contributed by atoms with Crippen LogP contribution in [0.15, 0.2) is 29.2 Å². The summed E-state index contributed by atoms with van der Waals surface area (Å²) in [4.78, 5) is 11.9. The topological polar surface area (TPSA) is 54.4 Å². The first-order chi connectivity index (χ1) is 9.38. The number of carbonyl (C=O) groups is 1. The van der Waals surface area contributed by atoms with Crippen LogP contribution in [0.4, 0.5) is 8.78 Å². The van der Waals surface area contributed by atoms with Crippen LogP contribution in [-0.2, 0) is 16.6 Å². The lowest BCUT2D eigenvalue weighted by atomic mass is 10.3. The van der Waals surface area contributed by atoms with Gasteiger partial charge in [0.15, 0.2) is 11.6 Å². The molecular weight excluding hydrogens is 306 g/mol. The van der Waals surface area contributed by atoms with Crippen LogP contribution in [0, 0.1) is 18.6 Å². The van der Waals surface area contributed by atoms with Crippen molar-refractivity contribution >= 4 is 28.1 Å². The Bertz CT molecular complexity index is 695. The SMILES string of the molecule is Cc1sc(C(=O)O)cc1CS(=O)c1ccc(F)c(F)c1. The first-order valence-electron chi connectivity index (χ1n) is 5.54. The van der Waals surface area contributed by atoms with E-state index in [1.807, 2.05) is 0 Å². The highest BCUT2D eigenvalue weighted by atomic mass is 32.2. The minimum atomic E-state index is -1.56. The zero-order valence-corrected chi connectivity index (χ0v) is 12.0. The smallest absolute Gasteiger partial charge is 0.345 e. The molecule has 0 saturated heterocycles. The molecule has 2 rings (SSSR count). The summed E-state index contributed by atoms with van der Waals surface area (Å²) in [6.07, 6.45) is 0. The van der Waals surface area contributed by atoms with E-state index in [0.29, 0.717) is 5.56 Å². The molecule has 0 fully saturated rings. The molecule has 0 spiro atoms. The lowest BCUT2D eigenvalue weighted by Gasteiger charge is -2.02. The molecule has 0 bridgehead atoms. The number of aryl methyl sites for hydroxylation is 1. The maximum Gasteiger partial charge on any atom is 0.345 e. The lowest BCUT2D eigenvalue weighted by Crippen LogP contribution is -1.98. The van der Waals surface area contributed by atoms with E-state index in [0.717, 1.165) is 28.3 Å². The molecule has 2 aromatic rings. The molecule has 7 heteroatoms. The fraction of sp³-hybridized carbons (Fsp3) is 0.154. The van der Waals surface area contributed by atoms with Gasteiger partial charge in [0.25, 0.3) is 0 Å². The Kier molecular flexibility index (Phi) is 4.29. The number of carboxylic acids is 1. The second-order valence-corrected chi connectivity index (χ2v) is 6.77. The first kappa shape index (κ1) is 14.8. The van der Waals surface area contributed by atoms with E-state index in [2.05, 4.69) is 0 Å². The van der Waals surface area contributed by atoms with Crippen molar-refractivity contribution in [1.29, 1.82) is 0 Å². The molecule has 0 amide bonds. The van der Waals surface area contributed by atoms with Crippen LogP contribution >= 0.6 is 11.3 Å². The van der Waals surface area contributed by atoms with Crippen LogP contribution in [-0.4, -0.2) is 15.3 Å². The average Bonchev–Trinajstić information content (AvgIpc) is 2.74. The standard InChI is InChI=1S/C13H10F2O3S2/c1-7-8(4-12(19-7)13(16)17)6-20(18)9-2-3-10(14)11(15)5-9/h2-5H,6H2,1H3,(H,16,17). The summed E-state index contributed by atoms with van der Waals surface area (Å²) in [6.45, 7) is 1.73. The Morgan fingerprint density at radius 1 is 1.30 bits per heavy atom. The van der Waals surface area contributed by atoms with Crippen LogP contribution in [0.5, 0.6) is 0 Å². The van der Waals surface area contributed by atoms with Crippen molar-refractivity contribution in [3.8, 4) is 0 Å². The van der Waals surface area contributed by atoms with Gasteiger partial charge in [-0.2, -0.15) is 0 Å². The predicted molar refractivity (Wildman–Crippen MR) is 72.5 cm³/mol. The number of halogens is 2. The molecule has 106 valence electrons. The minimum Gasteiger partial charge on any atom is -0.477 e. The summed E-state index contributed by atoms with van der Waals surface area (Å²) < 4.78 is 38.0. The fourth-order valence-electron chi connectivity index (χ4n) is 1.61. The van der Waals surface area contributed by atoms with Gasteiger partial charge in [-0.3, -0.25) is 4.21 Å². The summed E-state index contributed by atoms with van der Waals surface area (Å²) in [5.41, 5.74) is 0.635. The molecular formula is C13H10F2O3S2. The van der Waals surface area contributed by atoms with E-state index in [1.54, 1.807) is 6.92 Å². The second-order valence-electron chi connectivity index (χ2n) is 4.06. The Morgan fingerprint density at radius 3 is 2.55 bits per heavy atom. The van der Waals surface area contributed by atoms with Gasteiger partial charge in [0.05, 0.1) is 16.6 Å². The quantitative estimate of drug-likeness (QED) is 0.941. The lowest BCUT2D eigenvalue weighted by molar-refractivity contribution is 0.0702. The maximum absolute atomic E-state index is 13.1. The molecule has 0 saturated carbocycles. The summed E-state index contributed by atoms with van der Waals surface area (Å²) in [7, 11) is -1.56. The van der Waals surface area contributed by atoms with Gasteiger partial charge >= 0.3 is 5.97 Å². The van der Waals surface area contributed by atoms with Gasteiger partial charge in [0.1, 0.15) is 4.88 Å². The largest absolute Gasteiger partial charge is 0.477 e.